The monoisotopic (exact) mass is 567 g/mol. The molecule has 1 aromatic carbocycles. The number of aromatic nitrogens is 2. The number of carboxylic acid groups (broad SMARTS) is 1. The van der Waals surface area contributed by atoms with Gasteiger partial charge >= 0.3 is 5.97 Å². The maximum atomic E-state index is 13.1. The lowest BCUT2D eigenvalue weighted by Gasteiger charge is -2.30. The van der Waals surface area contributed by atoms with E-state index in [1.165, 1.54) is 4.31 Å². The number of sulfonamides is 1. The van der Waals surface area contributed by atoms with Crippen molar-refractivity contribution in [1.82, 2.24) is 13.9 Å². The zero-order valence-electron chi connectivity index (χ0n) is 18.8. The lowest BCUT2D eigenvalue weighted by atomic mass is 10.2. The molecule has 0 aliphatic carbocycles. The van der Waals surface area contributed by atoms with Gasteiger partial charge in [-0.3, -0.25) is 4.79 Å². The Balaban J connectivity index is 1.44. The van der Waals surface area contributed by atoms with Crippen LogP contribution in [0.5, 0.6) is 5.75 Å². The Kier molecular flexibility index (Phi) is 7.56. The van der Waals surface area contributed by atoms with Gasteiger partial charge in [-0.15, -0.1) is 11.8 Å². The van der Waals surface area contributed by atoms with E-state index < -0.39 is 16.0 Å². The first-order valence-electron chi connectivity index (χ1n) is 10.9. The minimum Gasteiger partial charge on any atom is -0.491 e. The molecule has 34 heavy (non-hydrogen) atoms. The number of rotatable bonds is 8. The van der Waals surface area contributed by atoms with Crippen molar-refractivity contribution in [3.8, 4) is 5.75 Å². The topological polar surface area (TPSA) is 102 Å². The van der Waals surface area contributed by atoms with Crippen LogP contribution in [0.3, 0.4) is 0 Å². The number of thioether (sulfide) groups is 1. The number of carbonyl (C=O) groups is 1. The van der Waals surface area contributed by atoms with Gasteiger partial charge in [0.2, 0.25) is 10.0 Å². The van der Waals surface area contributed by atoms with E-state index >= 15 is 0 Å². The van der Waals surface area contributed by atoms with Crippen molar-refractivity contribution in [2.75, 3.05) is 13.1 Å². The summed E-state index contributed by atoms with van der Waals surface area (Å²) < 4.78 is 35.6. The molecule has 1 saturated heterocycles. The number of fused-ring (bicyclic) bond motifs is 1. The summed E-state index contributed by atoms with van der Waals surface area (Å²) in [5.74, 6) is -0.287. The van der Waals surface area contributed by atoms with Crippen molar-refractivity contribution >= 4 is 54.7 Å². The van der Waals surface area contributed by atoms with Gasteiger partial charge in [0.25, 0.3) is 0 Å². The van der Waals surface area contributed by atoms with Crippen molar-refractivity contribution in [2.45, 2.75) is 54.4 Å². The number of hydrogen-bond donors (Lipinski definition) is 1. The van der Waals surface area contributed by atoms with Gasteiger partial charge in [-0.05, 0) is 79.0 Å². The summed E-state index contributed by atoms with van der Waals surface area (Å²) in [4.78, 5) is 16.9. The van der Waals surface area contributed by atoms with Gasteiger partial charge in [-0.1, -0.05) is 0 Å². The minimum atomic E-state index is -3.57. The highest BCUT2D eigenvalue weighted by molar-refractivity contribution is 9.10. The molecule has 0 bridgehead atoms. The molecule has 4 rings (SSSR count). The Labute approximate surface area is 211 Å². The van der Waals surface area contributed by atoms with Gasteiger partial charge in [-0.25, -0.2) is 13.4 Å². The molecule has 2 aromatic heterocycles. The number of hydrogen-bond acceptors (Lipinski definition) is 6. The fourth-order valence-electron chi connectivity index (χ4n) is 3.95. The SMILES string of the molecule is CC(C)Oc1ccc(S(=O)(=O)N2CCC(Sc3cn(CC(=O)O)c4nc(Br)ccc34)CC2)cc1. The van der Waals surface area contributed by atoms with Gasteiger partial charge in [0, 0.05) is 34.8 Å². The first kappa shape index (κ1) is 25.0. The highest BCUT2D eigenvalue weighted by atomic mass is 79.9. The van der Waals surface area contributed by atoms with Gasteiger partial charge in [-0.2, -0.15) is 4.31 Å². The molecular weight excluding hydrogens is 542 g/mol. The third-order valence-electron chi connectivity index (χ3n) is 5.49. The standard InChI is InChI=1S/C23H26BrN3O5S2/c1-15(2)32-16-3-5-18(6-4-16)34(30,31)27-11-9-17(10-12-27)33-20-13-26(14-22(28)29)23-19(20)7-8-21(24)25-23/h3-8,13,15,17H,9-12,14H2,1-2H3,(H,28,29). The fourth-order valence-corrected chi connectivity index (χ4v) is 7.00. The predicted octanol–water partition coefficient (Wildman–Crippen LogP) is 4.62. The molecule has 0 amide bonds. The van der Waals surface area contributed by atoms with Crippen molar-refractivity contribution < 1.29 is 23.1 Å². The number of ether oxygens (including phenoxy) is 1. The maximum Gasteiger partial charge on any atom is 0.323 e. The van der Waals surface area contributed by atoms with Gasteiger partial charge in [0.05, 0.1) is 11.0 Å². The molecule has 182 valence electrons. The third kappa shape index (κ3) is 5.59. The van der Waals surface area contributed by atoms with Crippen LogP contribution in [0.25, 0.3) is 11.0 Å². The Morgan fingerprint density at radius 1 is 1.21 bits per heavy atom. The summed E-state index contributed by atoms with van der Waals surface area (Å²) in [7, 11) is -3.57. The Morgan fingerprint density at radius 3 is 2.50 bits per heavy atom. The number of benzene rings is 1. The average Bonchev–Trinajstić information content (AvgIpc) is 3.09. The van der Waals surface area contributed by atoms with Crippen LogP contribution < -0.4 is 4.74 Å². The molecule has 1 fully saturated rings. The first-order valence-corrected chi connectivity index (χ1v) is 14.1. The number of aliphatic carboxylic acids is 1. The molecule has 0 unspecified atom stereocenters. The number of pyridine rings is 1. The van der Waals surface area contributed by atoms with E-state index in [0.717, 1.165) is 10.3 Å². The molecular formula is C23H26BrN3O5S2. The molecule has 0 saturated carbocycles. The molecule has 1 aliphatic heterocycles. The second-order valence-electron chi connectivity index (χ2n) is 8.38. The lowest BCUT2D eigenvalue weighted by molar-refractivity contribution is -0.137. The normalized spacial score (nSPS) is 15.8. The molecule has 1 aliphatic rings. The molecule has 8 nitrogen and oxygen atoms in total. The van der Waals surface area contributed by atoms with E-state index in [1.807, 2.05) is 32.2 Å². The highest BCUT2D eigenvalue weighted by Gasteiger charge is 2.30. The van der Waals surface area contributed by atoms with Crippen LogP contribution in [-0.2, 0) is 21.4 Å². The summed E-state index contributed by atoms with van der Waals surface area (Å²) in [6, 6.07) is 10.3. The van der Waals surface area contributed by atoms with Crippen molar-refractivity contribution in [3.63, 3.8) is 0 Å². The first-order chi connectivity index (χ1) is 16.1. The van der Waals surface area contributed by atoms with E-state index in [-0.39, 0.29) is 22.8 Å². The summed E-state index contributed by atoms with van der Waals surface area (Å²) in [6.07, 6.45) is 3.25. The zero-order chi connectivity index (χ0) is 24.5. The highest BCUT2D eigenvalue weighted by Crippen LogP contribution is 2.37. The summed E-state index contributed by atoms with van der Waals surface area (Å²) >= 11 is 5.01. The second-order valence-corrected chi connectivity index (χ2v) is 12.5. The smallest absolute Gasteiger partial charge is 0.323 e. The number of carboxylic acids is 1. The second kappa shape index (κ2) is 10.3. The third-order valence-corrected chi connectivity index (χ3v) is 9.22. The van der Waals surface area contributed by atoms with Crippen molar-refractivity contribution in [3.05, 3.63) is 47.2 Å². The lowest BCUT2D eigenvalue weighted by Crippen LogP contribution is -2.39. The summed E-state index contributed by atoms with van der Waals surface area (Å²) in [6.45, 7) is 4.54. The quantitative estimate of drug-likeness (QED) is 0.396. The number of halogens is 1. The molecule has 0 atom stereocenters. The van der Waals surface area contributed by atoms with Crippen LogP contribution in [0.2, 0.25) is 0 Å². The summed E-state index contributed by atoms with van der Waals surface area (Å²) in [5.41, 5.74) is 0.615. The zero-order valence-corrected chi connectivity index (χ0v) is 22.1. The van der Waals surface area contributed by atoms with E-state index in [1.54, 1.807) is 40.6 Å². The predicted molar refractivity (Wildman–Crippen MR) is 135 cm³/mol. The van der Waals surface area contributed by atoms with Crippen LogP contribution in [0.15, 0.2) is 57.0 Å². The number of piperidine rings is 1. The van der Waals surface area contributed by atoms with E-state index in [4.69, 9.17) is 4.74 Å². The Morgan fingerprint density at radius 2 is 1.88 bits per heavy atom. The molecule has 3 aromatic rings. The van der Waals surface area contributed by atoms with E-state index in [0.29, 0.717) is 41.9 Å². The molecule has 0 radical (unpaired) electrons. The van der Waals surface area contributed by atoms with E-state index in [2.05, 4.69) is 20.9 Å². The van der Waals surface area contributed by atoms with Gasteiger partial charge < -0.3 is 14.4 Å². The van der Waals surface area contributed by atoms with Crippen molar-refractivity contribution in [2.24, 2.45) is 0 Å². The molecule has 11 heteroatoms. The van der Waals surface area contributed by atoms with Crippen LogP contribution in [0.4, 0.5) is 0 Å². The van der Waals surface area contributed by atoms with Gasteiger partial charge in [0.1, 0.15) is 22.5 Å². The average molecular weight is 569 g/mol. The van der Waals surface area contributed by atoms with Crippen LogP contribution in [-0.4, -0.2) is 57.8 Å². The van der Waals surface area contributed by atoms with Gasteiger partial charge in [0.15, 0.2) is 0 Å². The largest absolute Gasteiger partial charge is 0.491 e. The minimum absolute atomic E-state index is 0.0226. The van der Waals surface area contributed by atoms with Crippen LogP contribution in [0, 0.1) is 0 Å². The Bertz CT molecular complexity index is 1280. The van der Waals surface area contributed by atoms with Crippen molar-refractivity contribution in [1.29, 1.82) is 0 Å². The molecule has 0 spiro atoms. The molecule has 3 heterocycles. The fraction of sp³-hybridized carbons (Fsp3) is 0.391. The number of nitrogens with zero attached hydrogens (tertiary/aromatic N) is 3. The molecule has 1 N–H and O–H groups in total. The van der Waals surface area contributed by atoms with E-state index in [9.17, 15) is 18.3 Å². The maximum absolute atomic E-state index is 13.1. The Hall–Kier alpha value is -2.08. The van der Waals surface area contributed by atoms with Crippen LogP contribution in [0.1, 0.15) is 26.7 Å². The van der Waals surface area contributed by atoms with Crippen LogP contribution >= 0.6 is 27.7 Å². The summed E-state index contributed by atoms with van der Waals surface area (Å²) in [5, 5.41) is 10.4.